The van der Waals surface area contributed by atoms with Crippen LogP contribution in [0.2, 0.25) is 0 Å². The van der Waals surface area contributed by atoms with Gasteiger partial charge in [0, 0.05) is 13.5 Å². The van der Waals surface area contributed by atoms with Crippen molar-refractivity contribution in [2.75, 3.05) is 13.7 Å². The topological polar surface area (TPSA) is 113 Å². The van der Waals surface area contributed by atoms with Gasteiger partial charge in [-0.3, -0.25) is 4.79 Å². The summed E-state index contributed by atoms with van der Waals surface area (Å²) in [6.07, 6.45) is 10.5. The molecule has 0 aliphatic carbocycles. The number of carbonyl (C=O) groups is 2. The van der Waals surface area contributed by atoms with Crippen LogP contribution in [-0.2, 0) is 19.1 Å². The van der Waals surface area contributed by atoms with E-state index in [9.17, 15) is 19.8 Å². The van der Waals surface area contributed by atoms with Crippen LogP contribution in [-0.4, -0.2) is 65.7 Å². The Morgan fingerprint density at radius 2 is 1.33 bits per heavy atom. The highest BCUT2D eigenvalue weighted by Gasteiger charge is 2.36. The minimum absolute atomic E-state index is 0.172. The molecule has 0 aliphatic heterocycles. The molecule has 4 atom stereocenters. The first kappa shape index (κ1) is 29.0. The maximum atomic E-state index is 12.1. The normalized spacial score (nSPS) is 15.4. The Morgan fingerprint density at radius 3 is 1.73 bits per heavy atom. The molecular weight excluding hydrogens is 388 g/mol. The van der Waals surface area contributed by atoms with Gasteiger partial charge in [-0.05, 0) is 6.42 Å². The first-order valence-electron chi connectivity index (χ1n) is 11.7. The molecule has 0 bridgehead atoms. The number of methoxy groups -OCH3 is 1. The standard InChI is InChI=1S/C23H44O7/c1-3-4-5-6-7-8-9-10-11-12-13-14-15-16-21(27)30-23(20(18-25)29-2)22(28)19(26)17-24/h18-20,22-24,26,28H,3-17H2,1-2H3/t19-,20+,22-,23-/m1/s1. The molecule has 0 saturated heterocycles. The Hall–Kier alpha value is -1.02. The van der Waals surface area contributed by atoms with Gasteiger partial charge in [-0.1, -0.05) is 84.0 Å². The van der Waals surface area contributed by atoms with E-state index in [2.05, 4.69) is 6.92 Å². The van der Waals surface area contributed by atoms with Gasteiger partial charge in [-0.2, -0.15) is 0 Å². The van der Waals surface area contributed by atoms with Gasteiger partial charge in [0.05, 0.1) is 6.61 Å². The van der Waals surface area contributed by atoms with Crippen LogP contribution in [0.5, 0.6) is 0 Å². The number of esters is 1. The fraction of sp³-hybridized carbons (Fsp3) is 0.913. The van der Waals surface area contributed by atoms with Crippen LogP contribution in [0, 0.1) is 0 Å². The molecule has 30 heavy (non-hydrogen) atoms. The molecule has 178 valence electrons. The third-order valence-corrected chi connectivity index (χ3v) is 5.40. The fourth-order valence-corrected chi connectivity index (χ4v) is 3.42. The van der Waals surface area contributed by atoms with Crippen LogP contribution in [0.25, 0.3) is 0 Å². The van der Waals surface area contributed by atoms with E-state index in [1.54, 1.807) is 0 Å². The smallest absolute Gasteiger partial charge is 0.306 e. The molecule has 0 saturated carbocycles. The molecular formula is C23H44O7. The van der Waals surface area contributed by atoms with Crippen molar-refractivity contribution < 1.29 is 34.4 Å². The van der Waals surface area contributed by atoms with E-state index in [1.165, 1.54) is 64.9 Å². The monoisotopic (exact) mass is 432 g/mol. The first-order chi connectivity index (χ1) is 14.5. The third kappa shape index (κ3) is 14.1. The number of hydrogen-bond acceptors (Lipinski definition) is 7. The second kappa shape index (κ2) is 19.9. The average Bonchev–Trinajstić information content (AvgIpc) is 2.75. The van der Waals surface area contributed by atoms with Gasteiger partial charge < -0.3 is 29.6 Å². The van der Waals surface area contributed by atoms with Crippen LogP contribution >= 0.6 is 0 Å². The predicted molar refractivity (Wildman–Crippen MR) is 116 cm³/mol. The van der Waals surface area contributed by atoms with E-state index >= 15 is 0 Å². The van der Waals surface area contributed by atoms with E-state index in [1.807, 2.05) is 0 Å². The van der Waals surface area contributed by atoms with Crippen molar-refractivity contribution in [3.8, 4) is 0 Å². The summed E-state index contributed by atoms with van der Waals surface area (Å²) >= 11 is 0. The summed E-state index contributed by atoms with van der Waals surface area (Å²) in [5, 5.41) is 28.6. The largest absolute Gasteiger partial charge is 0.456 e. The quantitative estimate of drug-likeness (QED) is 0.145. The van der Waals surface area contributed by atoms with Crippen molar-refractivity contribution >= 4 is 12.3 Å². The summed E-state index contributed by atoms with van der Waals surface area (Å²) in [5.41, 5.74) is 0. The Kier molecular flexibility index (Phi) is 19.2. The van der Waals surface area contributed by atoms with E-state index < -0.39 is 37.0 Å². The minimum atomic E-state index is -1.61. The van der Waals surface area contributed by atoms with Gasteiger partial charge in [0.25, 0.3) is 0 Å². The second-order valence-electron chi connectivity index (χ2n) is 8.02. The molecule has 0 amide bonds. The van der Waals surface area contributed by atoms with Crippen LogP contribution in [0.15, 0.2) is 0 Å². The number of aldehydes is 1. The zero-order valence-corrected chi connectivity index (χ0v) is 19.0. The average molecular weight is 433 g/mol. The van der Waals surface area contributed by atoms with E-state index in [0.717, 1.165) is 19.3 Å². The van der Waals surface area contributed by atoms with Crippen molar-refractivity contribution in [3.05, 3.63) is 0 Å². The number of carbonyl (C=O) groups excluding carboxylic acids is 2. The highest BCUT2D eigenvalue weighted by Crippen LogP contribution is 2.15. The Bertz CT molecular complexity index is 416. The molecule has 0 rings (SSSR count). The number of unbranched alkanes of at least 4 members (excludes halogenated alkanes) is 12. The van der Waals surface area contributed by atoms with Crippen LogP contribution in [0.3, 0.4) is 0 Å². The number of aliphatic hydroxyl groups is 3. The van der Waals surface area contributed by atoms with Crippen molar-refractivity contribution in [2.45, 2.75) is 121 Å². The number of rotatable bonds is 21. The van der Waals surface area contributed by atoms with Gasteiger partial charge in [0.1, 0.15) is 12.2 Å². The summed E-state index contributed by atoms with van der Waals surface area (Å²) in [4.78, 5) is 23.1. The van der Waals surface area contributed by atoms with Crippen molar-refractivity contribution in [2.24, 2.45) is 0 Å². The zero-order valence-electron chi connectivity index (χ0n) is 19.0. The molecule has 0 radical (unpaired) electrons. The summed E-state index contributed by atoms with van der Waals surface area (Å²) < 4.78 is 10.1. The zero-order chi connectivity index (χ0) is 22.6. The minimum Gasteiger partial charge on any atom is -0.456 e. The highest BCUT2D eigenvalue weighted by molar-refractivity contribution is 5.70. The molecule has 0 aromatic heterocycles. The lowest BCUT2D eigenvalue weighted by molar-refractivity contribution is -0.176. The van der Waals surface area contributed by atoms with Gasteiger partial charge in [0.2, 0.25) is 0 Å². The number of hydrogen-bond donors (Lipinski definition) is 3. The lowest BCUT2D eigenvalue weighted by Gasteiger charge is -2.28. The van der Waals surface area contributed by atoms with Crippen molar-refractivity contribution in [1.82, 2.24) is 0 Å². The Morgan fingerprint density at radius 1 is 0.867 bits per heavy atom. The molecule has 0 aromatic rings. The van der Waals surface area contributed by atoms with Gasteiger partial charge in [-0.15, -0.1) is 0 Å². The summed E-state index contributed by atoms with van der Waals surface area (Å²) in [6.45, 7) is 1.52. The van der Waals surface area contributed by atoms with Crippen LogP contribution in [0.1, 0.15) is 96.8 Å². The molecule has 0 heterocycles. The molecule has 0 unspecified atom stereocenters. The van der Waals surface area contributed by atoms with Crippen LogP contribution in [0.4, 0.5) is 0 Å². The summed E-state index contributed by atoms with van der Waals surface area (Å²) in [7, 11) is 1.24. The summed E-state index contributed by atoms with van der Waals surface area (Å²) in [6, 6.07) is 0. The second-order valence-corrected chi connectivity index (χ2v) is 8.02. The van der Waals surface area contributed by atoms with Crippen molar-refractivity contribution in [3.63, 3.8) is 0 Å². The van der Waals surface area contributed by atoms with E-state index in [-0.39, 0.29) is 6.42 Å². The Labute approximate surface area is 182 Å². The fourth-order valence-electron chi connectivity index (χ4n) is 3.42. The first-order valence-corrected chi connectivity index (χ1v) is 11.7. The molecule has 7 nitrogen and oxygen atoms in total. The van der Waals surface area contributed by atoms with Gasteiger partial charge in [-0.25, -0.2) is 0 Å². The molecule has 0 fully saturated rings. The number of aliphatic hydroxyl groups excluding tert-OH is 3. The van der Waals surface area contributed by atoms with E-state index in [0.29, 0.717) is 12.7 Å². The lowest BCUT2D eigenvalue weighted by Crippen LogP contribution is -2.49. The maximum absolute atomic E-state index is 12.1. The lowest BCUT2D eigenvalue weighted by atomic mass is 10.0. The SMILES string of the molecule is CCCCCCCCCCCCCCCC(=O)O[C@@H]([C@H](O)[C@H](O)CO)[C@H](C=O)OC. The van der Waals surface area contributed by atoms with Crippen LogP contribution < -0.4 is 0 Å². The number of ether oxygens (including phenoxy) is 2. The van der Waals surface area contributed by atoms with Gasteiger partial charge >= 0.3 is 5.97 Å². The predicted octanol–water partition coefficient (Wildman–Crippen LogP) is 3.31. The maximum Gasteiger partial charge on any atom is 0.306 e. The molecule has 0 aromatic carbocycles. The molecule has 0 aliphatic rings. The highest BCUT2D eigenvalue weighted by atomic mass is 16.6. The molecule has 0 spiro atoms. The summed E-state index contributed by atoms with van der Waals surface area (Å²) in [5.74, 6) is -0.559. The molecule has 7 heteroatoms. The Balaban J connectivity index is 3.89. The van der Waals surface area contributed by atoms with E-state index in [4.69, 9.17) is 14.6 Å². The third-order valence-electron chi connectivity index (χ3n) is 5.40. The van der Waals surface area contributed by atoms with Gasteiger partial charge in [0.15, 0.2) is 18.5 Å². The molecule has 3 N–H and O–H groups in total. The van der Waals surface area contributed by atoms with Crippen molar-refractivity contribution in [1.29, 1.82) is 0 Å².